The van der Waals surface area contributed by atoms with Gasteiger partial charge in [-0.3, -0.25) is 19.8 Å². The van der Waals surface area contributed by atoms with Crippen molar-refractivity contribution in [2.24, 2.45) is 5.92 Å². The highest BCUT2D eigenvalue weighted by atomic mass is 35.5. The topological polar surface area (TPSA) is 75.5 Å². The van der Waals surface area contributed by atoms with E-state index in [1.807, 2.05) is 0 Å². The maximum Gasteiger partial charge on any atom is 0.270 e. The highest BCUT2D eigenvalue weighted by molar-refractivity contribution is 7.09. The molecule has 2 aromatic rings. The molecule has 1 N–H and O–H groups in total. The summed E-state index contributed by atoms with van der Waals surface area (Å²) in [5, 5.41) is 15.8. The Morgan fingerprint density at radius 2 is 2.12 bits per heavy atom. The molecule has 1 saturated heterocycles. The molecule has 1 aromatic heterocycles. The van der Waals surface area contributed by atoms with Crippen LogP contribution in [-0.4, -0.2) is 35.4 Å². The first-order valence-corrected chi connectivity index (χ1v) is 9.75. The molecular weight excluding hydrogens is 374 g/mol. The number of nitro benzene ring substituents is 1. The number of amides is 1. The molecule has 138 valence electrons. The minimum absolute atomic E-state index is 0.0995. The first kappa shape index (κ1) is 18.8. The molecule has 26 heavy (non-hydrogen) atoms. The van der Waals surface area contributed by atoms with Crippen molar-refractivity contribution in [1.82, 2.24) is 10.2 Å². The molecule has 1 aromatic carbocycles. The molecule has 0 unspecified atom stereocenters. The molecule has 0 spiro atoms. The van der Waals surface area contributed by atoms with Crippen LogP contribution in [0.4, 0.5) is 5.69 Å². The highest BCUT2D eigenvalue weighted by Crippen LogP contribution is 2.23. The number of carbonyl (C=O) groups is 1. The van der Waals surface area contributed by atoms with Crippen molar-refractivity contribution in [3.8, 4) is 0 Å². The molecule has 1 fully saturated rings. The van der Waals surface area contributed by atoms with Gasteiger partial charge in [0.1, 0.15) is 0 Å². The van der Waals surface area contributed by atoms with E-state index >= 15 is 0 Å². The normalized spacial score (nSPS) is 15.7. The minimum atomic E-state index is -0.530. The van der Waals surface area contributed by atoms with E-state index in [4.69, 9.17) is 11.6 Å². The summed E-state index contributed by atoms with van der Waals surface area (Å²) in [6.45, 7) is 3.64. The molecule has 2 heterocycles. The Morgan fingerprint density at radius 3 is 2.73 bits per heavy atom. The van der Waals surface area contributed by atoms with Crippen LogP contribution in [0.3, 0.4) is 0 Å². The summed E-state index contributed by atoms with van der Waals surface area (Å²) >= 11 is 7.79. The van der Waals surface area contributed by atoms with Gasteiger partial charge in [0.05, 0.1) is 15.5 Å². The number of benzene rings is 1. The summed E-state index contributed by atoms with van der Waals surface area (Å²) in [7, 11) is 0. The summed E-state index contributed by atoms with van der Waals surface area (Å²) in [5.41, 5.74) is 0.150. The van der Waals surface area contributed by atoms with Crippen LogP contribution in [0.5, 0.6) is 0 Å². The van der Waals surface area contributed by atoms with Gasteiger partial charge in [-0.25, -0.2) is 0 Å². The van der Waals surface area contributed by atoms with E-state index < -0.39 is 4.92 Å². The molecule has 0 atom stereocenters. The molecule has 1 aliphatic rings. The zero-order valence-corrected chi connectivity index (χ0v) is 15.8. The molecule has 1 aliphatic heterocycles. The zero-order valence-electron chi connectivity index (χ0n) is 14.2. The largest absolute Gasteiger partial charge is 0.352 e. The van der Waals surface area contributed by atoms with Crippen molar-refractivity contribution in [2.45, 2.75) is 19.4 Å². The Kier molecular flexibility index (Phi) is 6.24. The fourth-order valence-corrected chi connectivity index (χ4v) is 4.11. The number of nitrogens with zero attached hydrogens (tertiary/aromatic N) is 2. The van der Waals surface area contributed by atoms with Crippen LogP contribution in [0, 0.1) is 16.0 Å². The molecule has 0 radical (unpaired) electrons. The number of hydrogen-bond acceptors (Lipinski definition) is 5. The summed E-state index contributed by atoms with van der Waals surface area (Å²) < 4.78 is 0. The predicted molar refractivity (Wildman–Crippen MR) is 103 cm³/mol. The van der Waals surface area contributed by atoms with E-state index in [0.29, 0.717) is 12.5 Å². The fourth-order valence-electron chi connectivity index (χ4n) is 3.11. The lowest BCUT2D eigenvalue weighted by Gasteiger charge is -2.31. The maximum absolute atomic E-state index is 12.3. The maximum atomic E-state index is 12.3. The number of rotatable bonds is 6. The second-order valence-electron chi connectivity index (χ2n) is 6.43. The first-order valence-electron chi connectivity index (χ1n) is 8.50. The van der Waals surface area contributed by atoms with Crippen LogP contribution in [0.25, 0.3) is 0 Å². The number of non-ortho nitro benzene ring substituents is 1. The number of nitro groups is 1. The molecule has 6 nitrogen and oxygen atoms in total. The van der Waals surface area contributed by atoms with E-state index in [2.05, 4.69) is 27.7 Å². The molecule has 0 bridgehead atoms. The summed E-state index contributed by atoms with van der Waals surface area (Å²) in [6.07, 6.45) is 2.08. The van der Waals surface area contributed by atoms with Crippen molar-refractivity contribution in [3.63, 3.8) is 0 Å². The Morgan fingerprint density at radius 1 is 1.35 bits per heavy atom. The standard InChI is InChI=1S/C18H20ClN3O3S/c19-17-10-14(22(24)25)3-4-16(17)18(23)20-11-13-5-7-21(8-6-13)12-15-2-1-9-26-15/h1-4,9-10,13H,5-8,11-12H2,(H,20,23). The zero-order chi connectivity index (χ0) is 18.5. The summed E-state index contributed by atoms with van der Waals surface area (Å²) in [5.74, 6) is 0.154. The van der Waals surface area contributed by atoms with Crippen molar-refractivity contribution in [1.29, 1.82) is 0 Å². The second-order valence-corrected chi connectivity index (χ2v) is 7.87. The third-order valence-electron chi connectivity index (χ3n) is 4.63. The van der Waals surface area contributed by atoms with Crippen LogP contribution in [0.15, 0.2) is 35.7 Å². The number of piperidine rings is 1. The van der Waals surface area contributed by atoms with Crippen molar-refractivity contribution in [3.05, 3.63) is 61.3 Å². The molecule has 1 amide bonds. The van der Waals surface area contributed by atoms with Gasteiger partial charge in [-0.15, -0.1) is 11.3 Å². The van der Waals surface area contributed by atoms with Crippen molar-refractivity contribution in [2.75, 3.05) is 19.6 Å². The second kappa shape index (κ2) is 8.62. The van der Waals surface area contributed by atoms with E-state index in [-0.39, 0.29) is 22.2 Å². The number of thiophene rings is 1. The molecule has 8 heteroatoms. The van der Waals surface area contributed by atoms with Crippen LogP contribution in [0.2, 0.25) is 5.02 Å². The van der Waals surface area contributed by atoms with Gasteiger partial charge < -0.3 is 5.32 Å². The van der Waals surface area contributed by atoms with Gasteiger partial charge in [-0.2, -0.15) is 0 Å². The third kappa shape index (κ3) is 4.81. The highest BCUT2D eigenvalue weighted by Gasteiger charge is 2.21. The van der Waals surface area contributed by atoms with Gasteiger partial charge in [0.15, 0.2) is 0 Å². The smallest absolute Gasteiger partial charge is 0.270 e. The number of hydrogen-bond donors (Lipinski definition) is 1. The van der Waals surface area contributed by atoms with Crippen LogP contribution >= 0.6 is 22.9 Å². The molecular formula is C18H20ClN3O3S. The average Bonchev–Trinajstić information content (AvgIpc) is 3.13. The third-order valence-corrected chi connectivity index (χ3v) is 5.80. The SMILES string of the molecule is O=C(NCC1CCN(Cc2cccs2)CC1)c1ccc([N+](=O)[O-])cc1Cl. The van der Waals surface area contributed by atoms with E-state index in [9.17, 15) is 14.9 Å². The lowest BCUT2D eigenvalue weighted by atomic mass is 9.96. The number of likely N-dealkylation sites (tertiary alicyclic amines) is 1. The van der Waals surface area contributed by atoms with Gasteiger partial charge in [-0.1, -0.05) is 17.7 Å². The van der Waals surface area contributed by atoms with E-state index in [1.54, 1.807) is 11.3 Å². The van der Waals surface area contributed by atoms with Gasteiger partial charge in [0, 0.05) is 30.1 Å². The van der Waals surface area contributed by atoms with Gasteiger partial charge in [0.2, 0.25) is 0 Å². The fraction of sp³-hybridized carbons (Fsp3) is 0.389. The lowest BCUT2D eigenvalue weighted by Crippen LogP contribution is -2.38. The molecule has 0 aliphatic carbocycles. The summed E-state index contributed by atoms with van der Waals surface area (Å²) in [4.78, 5) is 26.3. The molecule has 3 rings (SSSR count). The quantitative estimate of drug-likeness (QED) is 0.595. The Hall–Kier alpha value is -1.96. The van der Waals surface area contributed by atoms with Crippen LogP contribution < -0.4 is 5.32 Å². The Bertz CT molecular complexity index is 774. The van der Waals surface area contributed by atoms with Gasteiger partial charge >= 0.3 is 0 Å². The van der Waals surface area contributed by atoms with Gasteiger partial charge in [0.25, 0.3) is 11.6 Å². The first-order chi connectivity index (χ1) is 12.5. The van der Waals surface area contributed by atoms with Crippen LogP contribution in [0.1, 0.15) is 28.1 Å². The summed E-state index contributed by atoms with van der Waals surface area (Å²) in [6, 6.07) is 8.14. The Balaban J connectivity index is 1.46. The number of carbonyl (C=O) groups excluding carboxylic acids is 1. The van der Waals surface area contributed by atoms with Crippen molar-refractivity contribution >= 4 is 34.5 Å². The number of halogens is 1. The average molecular weight is 394 g/mol. The molecule has 0 saturated carbocycles. The lowest BCUT2D eigenvalue weighted by molar-refractivity contribution is -0.384. The predicted octanol–water partition coefficient (Wildman–Crippen LogP) is 3.95. The van der Waals surface area contributed by atoms with Crippen molar-refractivity contribution < 1.29 is 9.72 Å². The van der Waals surface area contributed by atoms with Crippen LogP contribution in [-0.2, 0) is 6.54 Å². The number of nitrogens with one attached hydrogen (secondary N) is 1. The monoisotopic (exact) mass is 393 g/mol. The minimum Gasteiger partial charge on any atom is -0.352 e. The van der Waals surface area contributed by atoms with E-state index in [0.717, 1.165) is 32.5 Å². The van der Waals surface area contributed by atoms with E-state index in [1.165, 1.54) is 23.1 Å². The Labute approximate surface area is 160 Å². The van der Waals surface area contributed by atoms with Gasteiger partial charge in [-0.05, 0) is 49.4 Å².